The van der Waals surface area contributed by atoms with E-state index in [1.807, 2.05) is 24.3 Å². The van der Waals surface area contributed by atoms with Crippen LogP contribution in [0.1, 0.15) is 22.3 Å². The van der Waals surface area contributed by atoms with Gasteiger partial charge in [0.15, 0.2) is 0 Å². The van der Waals surface area contributed by atoms with Gasteiger partial charge in [-0.1, -0.05) is 24.3 Å². The number of hydrogen-bond donors (Lipinski definition) is 1. The lowest BCUT2D eigenvalue weighted by atomic mass is 10.1. The van der Waals surface area contributed by atoms with Crippen LogP contribution in [0.15, 0.2) is 77.9 Å². The van der Waals surface area contributed by atoms with E-state index in [0.717, 1.165) is 16.9 Å². The number of hydrogen-bond acceptors (Lipinski definition) is 6. The molecule has 164 valence electrons. The van der Waals surface area contributed by atoms with Crippen LogP contribution in [0.4, 0.5) is 5.69 Å². The molecule has 0 aliphatic heterocycles. The fourth-order valence-corrected chi connectivity index (χ4v) is 3.66. The number of thioether (sulfide) groups is 1. The standard InChI is InChI=1S/C24H23N3O4S/c1-18-4-2-3-5-21(18)16-32-17-24(28)26-25-14-19-8-12-23(13-9-19)31-15-20-6-10-22(11-7-20)27(29)30/h2-14H,15-17H2,1H3,(H,26,28). The summed E-state index contributed by atoms with van der Waals surface area (Å²) in [6.45, 7) is 2.37. The summed E-state index contributed by atoms with van der Waals surface area (Å²) in [5, 5.41) is 14.7. The van der Waals surface area contributed by atoms with Gasteiger partial charge in [0, 0.05) is 17.9 Å². The van der Waals surface area contributed by atoms with Crippen LogP contribution in [-0.2, 0) is 17.2 Å². The van der Waals surface area contributed by atoms with Crippen LogP contribution in [0.25, 0.3) is 0 Å². The monoisotopic (exact) mass is 449 g/mol. The Morgan fingerprint density at radius 2 is 1.81 bits per heavy atom. The molecule has 7 nitrogen and oxygen atoms in total. The first-order valence-electron chi connectivity index (χ1n) is 9.91. The Morgan fingerprint density at radius 3 is 2.50 bits per heavy atom. The fourth-order valence-electron chi connectivity index (χ4n) is 2.77. The van der Waals surface area contributed by atoms with Crippen LogP contribution < -0.4 is 10.2 Å². The molecule has 0 heterocycles. The Kier molecular flexibility index (Phi) is 8.39. The number of ether oxygens (including phenoxy) is 1. The lowest BCUT2D eigenvalue weighted by molar-refractivity contribution is -0.384. The van der Waals surface area contributed by atoms with E-state index in [4.69, 9.17) is 4.74 Å². The van der Waals surface area contributed by atoms with Crippen LogP contribution in [0, 0.1) is 17.0 Å². The van der Waals surface area contributed by atoms with Gasteiger partial charge in [-0.3, -0.25) is 14.9 Å². The van der Waals surface area contributed by atoms with Gasteiger partial charge < -0.3 is 4.74 Å². The van der Waals surface area contributed by atoms with E-state index < -0.39 is 4.92 Å². The van der Waals surface area contributed by atoms with Crippen molar-refractivity contribution in [2.24, 2.45) is 5.10 Å². The molecule has 3 aromatic carbocycles. The summed E-state index contributed by atoms with van der Waals surface area (Å²) in [5.41, 5.74) is 6.69. The minimum absolute atomic E-state index is 0.0503. The molecule has 0 saturated carbocycles. The summed E-state index contributed by atoms with van der Waals surface area (Å²) in [6.07, 6.45) is 1.57. The zero-order valence-corrected chi connectivity index (χ0v) is 18.4. The van der Waals surface area contributed by atoms with E-state index in [9.17, 15) is 14.9 Å². The maximum atomic E-state index is 11.9. The number of carbonyl (C=O) groups is 1. The van der Waals surface area contributed by atoms with Crippen molar-refractivity contribution in [3.05, 3.63) is 105 Å². The Labute approximate surface area is 190 Å². The van der Waals surface area contributed by atoms with Crippen molar-refractivity contribution in [3.63, 3.8) is 0 Å². The quantitative estimate of drug-likeness (QED) is 0.271. The number of nitrogens with zero attached hydrogens (tertiary/aromatic N) is 2. The number of aryl methyl sites for hydroxylation is 1. The average molecular weight is 450 g/mol. The average Bonchev–Trinajstić information content (AvgIpc) is 2.80. The molecule has 8 heteroatoms. The number of non-ortho nitro benzene ring substituents is 1. The first-order valence-corrected chi connectivity index (χ1v) is 11.1. The fraction of sp³-hybridized carbons (Fsp3) is 0.167. The van der Waals surface area contributed by atoms with Gasteiger partial charge in [0.1, 0.15) is 12.4 Å². The zero-order valence-electron chi connectivity index (χ0n) is 17.6. The molecule has 3 aromatic rings. The minimum Gasteiger partial charge on any atom is -0.489 e. The van der Waals surface area contributed by atoms with E-state index in [1.54, 1.807) is 42.2 Å². The SMILES string of the molecule is Cc1ccccc1CSCC(=O)NN=Cc1ccc(OCc2ccc([N+](=O)[O-])cc2)cc1. The molecule has 0 fully saturated rings. The molecule has 1 amide bonds. The third kappa shape index (κ3) is 7.24. The molecular weight excluding hydrogens is 426 g/mol. The van der Waals surface area contributed by atoms with Crippen LogP contribution in [0.2, 0.25) is 0 Å². The number of rotatable bonds is 10. The number of nitro benzene ring substituents is 1. The number of hydrazone groups is 1. The van der Waals surface area contributed by atoms with Crippen LogP contribution in [-0.4, -0.2) is 22.8 Å². The second kappa shape index (κ2) is 11.7. The molecule has 0 saturated heterocycles. The Balaban J connectivity index is 1.39. The van der Waals surface area contributed by atoms with Gasteiger partial charge in [0.2, 0.25) is 5.91 Å². The Bertz CT molecular complexity index is 1080. The van der Waals surface area contributed by atoms with Crippen molar-refractivity contribution in [2.45, 2.75) is 19.3 Å². The first-order chi connectivity index (χ1) is 15.5. The summed E-state index contributed by atoms with van der Waals surface area (Å²) in [6, 6.07) is 21.6. The largest absolute Gasteiger partial charge is 0.489 e. The summed E-state index contributed by atoms with van der Waals surface area (Å²) < 4.78 is 5.69. The van der Waals surface area contributed by atoms with Crippen molar-refractivity contribution in [1.82, 2.24) is 5.43 Å². The van der Waals surface area contributed by atoms with Gasteiger partial charge in [-0.2, -0.15) is 5.10 Å². The van der Waals surface area contributed by atoms with Crippen molar-refractivity contribution in [1.29, 1.82) is 0 Å². The molecular formula is C24H23N3O4S. The van der Waals surface area contributed by atoms with Gasteiger partial charge in [0.25, 0.3) is 5.69 Å². The topological polar surface area (TPSA) is 93.8 Å². The molecule has 0 aliphatic carbocycles. The Hall–Kier alpha value is -3.65. The normalized spacial score (nSPS) is 10.8. The van der Waals surface area contributed by atoms with Crippen LogP contribution >= 0.6 is 11.8 Å². The summed E-state index contributed by atoms with van der Waals surface area (Å²) >= 11 is 1.55. The highest BCUT2D eigenvalue weighted by Crippen LogP contribution is 2.17. The summed E-state index contributed by atoms with van der Waals surface area (Å²) in [4.78, 5) is 22.2. The highest BCUT2D eigenvalue weighted by molar-refractivity contribution is 7.99. The van der Waals surface area contributed by atoms with Crippen LogP contribution in [0.3, 0.4) is 0 Å². The molecule has 0 spiro atoms. The first kappa shape index (κ1) is 23.0. The van der Waals surface area contributed by atoms with E-state index in [2.05, 4.69) is 29.6 Å². The second-order valence-corrected chi connectivity index (χ2v) is 7.98. The molecule has 3 rings (SSSR count). The molecule has 0 atom stereocenters. The second-order valence-electron chi connectivity index (χ2n) is 6.99. The van der Waals surface area contributed by atoms with Crippen molar-refractivity contribution in [3.8, 4) is 5.75 Å². The highest BCUT2D eigenvalue weighted by atomic mass is 32.2. The van der Waals surface area contributed by atoms with Crippen LogP contribution in [0.5, 0.6) is 5.75 Å². The maximum Gasteiger partial charge on any atom is 0.269 e. The van der Waals surface area contributed by atoms with Gasteiger partial charge in [-0.15, -0.1) is 11.8 Å². The number of amides is 1. The Morgan fingerprint density at radius 1 is 1.09 bits per heavy atom. The maximum absolute atomic E-state index is 11.9. The number of carbonyl (C=O) groups excluding carboxylic acids is 1. The van der Waals surface area contributed by atoms with E-state index in [0.29, 0.717) is 18.1 Å². The third-order valence-electron chi connectivity index (χ3n) is 4.59. The molecule has 0 unspecified atom stereocenters. The molecule has 32 heavy (non-hydrogen) atoms. The highest BCUT2D eigenvalue weighted by Gasteiger charge is 2.05. The lowest BCUT2D eigenvalue weighted by Crippen LogP contribution is -2.19. The number of nitrogens with one attached hydrogen (secondary N) is 1. The van der Waals surface area contributed by atoms with Gasteiger partial charge >= 0.3 is 0 Å². The predicted molar refractivity (Wildman–Crippen MR) is 127 cm³/mol. The molecule has 0 aromatic heterocycles. The summed E-state index contributed by atoms with van der Waals surface area (Å²) in [5.74, 6) is 1.63. The van der Waals surface area contributed by atoms with Gasteiger partial charge in [-0.25, -0.2) is 5.43 Å². The molecule has 1 N–H and O–H groups in total. The number of benzene rings is 3. The molecule has 0 bridgehead atoms. The predicted octanol–water partition coefficient (Wildman–Crippen LogP) is 4.87. The van der Waals surface area contributed by atoms with Gasteiger partial charge in [0.05, 0.1) is 16.9 Å². The van der Waals surface area contributed by atoms with Crippen molar-refractivity contribution < 1.29 is 14.5 Å². The lowest BCUT2D eigenvalue weighted by Gasteiger charge is -2.06. The van der Waals surface area contributed by atoms with E-state index in [1.165, 1.54) is 23.3 Å². The van der Waals surface area contributed by atoms with Crippen molar-refractivity contribution in [2.75, 3.05) is 5.75 Å². The smallest absolute Gasteiger partial charge is 0.269 e. The van der Waals surface area contributed by atoms with E-state index in [-0.39, 0.29) is 11.6 Å². The van der Waals surface area contributed by atoms with Crippen molar-refractivity contribution >= 4 is 29.6 Å². The number of nitro groups is 1. The third-order valence-corrected chi connectivity index (χ3v) is 5.57. The van der Waals surface area contributed by atoms with E-state index >= 15 is 0 Å². The molecule has 0 radical (unpaired) electrons. The molecule has 0 aliphatic rings. The zero-order chi connectivity index (χ0) is 22.8. The summed E-state index contributed by atoms with van der Waals surface area (Å²) in [7, 11) is 0. The van der Waals surface area contributed by atoms with Gasteiger partial charge in [-0.05, 0) is 65.6 Å². The minimum atomic E-state index is -0.433.